The first-order valence-electron chi connectivity index (χ1n) is 9.62. The van der Waals surface area contributed by atoms with E-state index in [0.29, 0.717) is 17.4 Å². The predicted octanol–water partition coefficient (Wildman–Crippen LogP) is 4.04. The molecule has 0 spiro atoms. The van der Waals surface area contributed by atoms with E-state index in [1.165, 1.54) is 11.3 Å². The van der Waals surface area contributed by atoms with Crippen molar-refractivity contribution in [3.63, 3.8) is 0 Å². The third kappa shape index (κ3) is 3.36. The van der Waals surface area contributed by atoms with Crippen LogP contribution in [0.5, 0.6) is 0 Å². The molecular weight excluding hydrogens is 436 g/mol. The van der Waals surface area contributed by atoms with Crippen LogP contribution in [0, 0.1) is 20.2 Å². The maximum Gasteiger partial charge on any atom is 0.277 e. The van der Waals surface area contributed by atoms with E-state index in [9.17, 15) is 25.0 Å². The molecule has 2 aromatic carbocycles. The molecule has 11 nitrogen and oxygen atoms in total. The number of hydrogen-bond acceptors (Lipinski definition) is 8. The number of nitro benzene ring substituents is 2. The highest BCUT2D eigenvalue weighted by Gasteiger charge is 2.27. The number of carbonyl (C=O) groups is 1. The van der Waals surface area contributed by atoms with Crippen molar-refractivity contribution < 1.29 is 14.6 Å². The molecule has 0 aliphatic heterocycles. The molecule has 2 aromatic heterocycles. The minimum absolute atomic E-state index is 0.185. The normalized spacial score (nSPS) is 12.6. The lowest BCUT2D eigenvalue weighted by molar-refractivity contribution is -0.394. The van der Waals surface area contributed by atoms with Crippen molar-refractivity contribution in [1.29, 1.82) is 0 Å². The topological polar surface area (TPSA) is 146 Å². The zero-order chi connectivity index (χ0) is 22.4. The largest absolute Gasteiger partial charge is 0.306 e. The fourth-order valence-corrected chi connectivity index (χ4v) is 4.65. The van der Waals surface area contributed by atoms with E-state index in [0.717, 1.165) is 52.5 Å². The molecule has 1 amide bonds. The van der Waals surface area contributed by atoms with Crippen LogP contribution in [0.4, 0.5) is 17.2 Å². The zero-order valence-corrected chi connectivity index (χ0v) is 17.2. The minimum atomic E-state index is -0.771. The molecule has 0 fully saturated rings. The molecule has 12 heteroatoms. The van der Waals surface area contributed by atoms with E-state index in [4.69, 9.17) is 0 Å². The summed E-state index contributed by atoms with van der Waals surface area (Å²) in [5.74, 6) is -0.274. The summed E-state index contributed by atoms with van der Waals surface area (Å²) in [6.45, 7) is 0. The van der Waals surface area contributed by atoms with E-state index < -0.39 is 27.1 Å². The number of nitrogens with zero attached hydrogens (tertiary/aromatic N) is 5. The Labute approximate surface area is 183 Å². The van der Waals surface area contributed by atoms with Crippen LogP contribution in [-0.4, -0.2) is 30.5 Å². The monoisotopic (exact) mass is 450 g/mol. The molecule has 32 heavy (non-hydrogen) atoms. The molecule has 4 aromatic rings. The molecule has 0 radical (unpaired) electrons. The number of aryl methyl sites for hydroxylation is 1. The van der Waals surface area contributed by atoms with Crippen molar-refractivity contribution in [1.82, 2.24) is 14.8 Å². The number of anilines is 1. The summed E-state index contributed by atoms with van der Waals surface area (Å²) in [5.41, 5.74) is 1.27. The third-order valence-corrected chi connectivity index (χ3v) is 6.20. The number of thiazole rings is 1. The zero-order valence-electron chi connectivity index (χ0n) is 16.3. The van der Waals surface area contributed by atoms with Crippen LogP contribution in [0.3, 0.4) is 0 Å². The first-order valence-corrected chi connectivity index (χ1v) is 10.4. The Bertz CT molecular complexity index is 1360. The molecule has 0 atom stereocenters. The van der Waals surface area contributed by atoms with E-state index >= 15 is 0 Å². The highest BCUT2D eigenvalue weighted by molar-refractivity contribution is 7.20. The Morgan fingerprint density at radius 3 is 2.47 bits per heavy atom. The smallest absolute Gasteiger partial charge is 0.277 e. The van der Waals surface area contributed by atoms with Crippen LogP contribution >= 0.6 is 11.3 Å². The Balaban J connectivity index is 1.57. The van der Waals surface area contributed by atoms with Gasteiger partial charge in [0.15, 0.2) is 0 Å². The lowest BCUT2D eigenvalue weighted by atomic mass is 10.1. The van der Waals surface area contributed by atoms with Crippen LogP contribution in [0.1, 0.15) is 28.0 Å². The van der Waals surface area contributed by atoms with E-state index in [2.05, 4.69) is 15.4 Å². The summed E-state index contributed by atoms with van der Waals surface area (Å²) >= 11 is 1.42. The molecule has 1 aliphatic carbocycles. The number of carbonyl (C=O) groups excluding carboxylic acids is 1. The molecule has 0 bridgehead atoms. The van der Waals surface area contributed by atoms with E-state index in [-0.39, 0.29) is 5.56 Å². The summed E-state index contributed by atoms with van der Waals surface area (Å²) in [4.78, 5) is 38.4. The van der Waals surface area contributed by atoms with Crippen LogP contribution in [0.25, 0.3) is 15.3 Å². The van der Waals surface area contributed by atoms with Gasteiger partial charge in [0.05, 0.1) is 37.4 Å². The molecule has 160 valence electrons. The van der Waals surface area contributed by atoms with Gasteiger partial charge in [0.1, 0.15) is 5.82 Å². The summed E-state index contributed by atoms with van der Waals surface area (Å²) < 4.78 is 2.53. The fraction of sp³-hybridized carbons (Fsp3) is 0.150. The first kappa shape index (κ1) is 19.8. The van der Waals surface area contributed by atoms with Gasteiger partial charge in [0, 0.05) is 17.7 Å². The van der Waals surface area contributed by atoms with E-state index in [1.54, 1.807) is 4.68 Å². The van der Waals surface area contributed by atoms with Gasteiger partial charge in [-0.2, -0.15) is 9.78 Å². The Morgan fingerprint density at radius 2 is 1.78 bits per heavy atom. The van der Waals surface area contributed by atoms with Crippen molar-refractivity contribution in [2.45, 2.75) is 19.3 Å². The average Bonchev–Trinajstić information content (AvgIpc) is 3.48. The van der Waals surface area contributed by atoms with Gasteiger partial charge in [-0.25, -0.2) is 4.98 Å². The van der Waals surface area contributed by atoms with Gasteiger partial charge >= 0.3 is 0 Å². The summed E-state index contributed by atoms with van der Waals surface area (Å²) in [6, 6.07) is 10.5. The van der Waals surface area contributed by atoms with Crippen LogP contribution in [0.2, 0.25) is 0 Å². The van der Waals surface area contributed by atoms with Gasteiger partial charge in [0.2, 0.25) is 5.13 Å². The Kier molecular flexibility index (Phi) is 4.63. The molecule has 1 aliphatic rings. The van der Waals surface area contributed by atoms with Crippen molar-refractivity contribution in [3.8, 4) is 5.13 Å². The molecule has 1 N–H and O–H groups in total. The predicted molar refractivity (Wildman–Crippen MR) is 116 cm³/mol. The van der Waals surface area contributed by atoms with Crippen molar-refractivity contribution in [2.75, 3.05) is 5.32 Å². The van der Waals surface area contributed by atoms with Crippen molar-refractivity contribution >= 4 is 44.7 Å². The standard InChI is InChI=1S/C20H14N6O5S/c27-19(11-8-12(25(28)29)10-13(9-11)26(30)31)22-18-14-4-3-6-15(14)23-24(18)20-21-16-5-1-2-7-17(16)32-20/h1-2,5,7-10H,3-4,6H2,(H,22,27). The first-order chi connectivity index (χ1) is 15.4. The number of nitrogens with one attached hydrogen (secondary N) is 1. The number of nitro groups is 2. The average molecular weight is 450 g/mol. The quantitative estimate of drug-likeness (QED) is 0.356. The number of fused-ring (bicyclic) bond motifs is 2. The Hall–Kier alpha value is -4.19. The fourth-order valence-electron chi connectivity index (χ4n) is 3.73. The van der Waals surface area contributed by atoms with Crippen LogP contribution < -0.4 is 5.32 Å². The second-order valence-corrected chi connectivity index (χ2v) is 8.22. The molecule has 5 rings (SSSR count). The molecular formula is C20H14N6O5S. The van der Waals surface area contributed by atoms with Gasteiger partial charge in [-0.1, -0.05) is 23.5 Å². The number of aromatic nitrogens is 3. The molecule has 0 saturated heterocycles. The van der Waals surface area contributed by atoms with Crippen molar-refractivity contribution in [3.05, 3.63) is 79.5 Å². The number of hydrogen-bond donors (Lipinski definition) is 1. The van der Waals surface area contributed by atoms with Gasteiger partial charge in [0.25, 0.3) is 17.3 Å². The number of non-ortho nitro benzene ring substituents is 2. The maximum absolute atomic E-state index is 13.0. The second kappa shape index (κ2) is 7.50. The van der Waals surface area contributed by atoms with E-state index in [1.807, 2.05) is 24.3 Å². The summed E-state index contributed by atoms with van der Waals surface area (Å²) in [5, 5.41) is 30.3. The molecule has 0 saturated carbocycles. The number of amides is 1. The second-order valence-electron chi connectivity index (χ2n) is 7.21. The number of rotatable bonds is 5. The van der Waals surface area contributed by atoms with Gasteiger partial charge in [-0.05, 0) is 31.4 Å². The summed E-state index contributed by atoms with van der Waals surface area (Å²) in [7, 11) is 0. The van der Waals surface area contributed by atoms with Crippen LogP contribution in [0.15, 0.2) is 42.5 Å². The lowest BCUT2D eigenvalue weighted by Crippen LogP contribution is -2.16. The minimum Gasteiger partial charge on any atom is -0.306 e. The Morgan fingerprint density at radius 1 is 1.06 bits per heavy atom. The highest BCUT2D eigenvalue weighted by atomic mass is 32.1. The third-order valence-electron chi connectivity index (χ3n) is 5.19. The lowest BCUT2D eigenvalue weighted by Gasteiger charge is -2.09. The van der Waals surface area contributed by atoms with Gasteiger partial charge in [-0.15, -0.1) is 0 Å². The van der Waals surface area contributed by atoms with Gasteiger partial charge < -0.3 is 5.32 Å². The summed E-state index contributed by atoms with van der Waals surface area (Å²) in [6.07, 6.45) is 2.37. The van der Waals surface area contributed by atoms with Crippen molar-refractivity contribution in [2.24, 2.45) is 0 Å². The SMILES string of the molecule is O=C(Nc1c2c(nn1-c1nc3ccccc3s1)CCC2)c1cc([N+](=O)[O-])cc([N+](=O)[O-])c1. The van der Waals surface area contributed by atoms with Gasteiger partial charge in [-0.3, -0.25) is 25.0 Å². The highest BCUT2D eigenvalue weighted by Crippen LogP contribution is 2.34. The molecule has 0 unspecified atom stereocenters. The number of benzene rings is 2. The molecule has 2 heterocycles. The number of para-hydroxylation sites is 1. The maximum atomic E-state index is 13.0. The van der Waals surface area contributed by atoms with Crippen LogP contribution in [-0.2, 0) is 12.8 Å².